The molecule has 6 nitrogen and oxygen atoms in total. The van der Waals surface area contributed by atoms with Crippen LogP contribution >= 0.6 is 0 Å². The van der Waals surface area contributed by atoms with Crippen molar-refractivity contribution in [3.05, 3.63) is 66.0 Å². The lowest BCUT2D eigenvalue weighted by Crippen LogP contribution is -2.43. The van der Waals surface area contributed by atoms with Crippen molar-refractivity contribution >= 4 is 11.9 Å². The molecule has 1 aliphatic rings. The first kappa shape index (κ1) is 17.0. The molecule has 6 heteroatoms. The fraction of sp³-hybridized carbons (Fsp3) is 0.316. The first-order valence-corrected chi connectivity index (χ1v) is 8.34. The Morgan fingerprint density at radius 3 is 2.64 bits per heavy atom. The maximum absolute atomic E-state index is 12.3. The summed E-state index contributed by atoms with van der Waals surface area (Å²) in [6.07, 6.45) is 3.76. The van der Waals surface area contributed by atoms with E-state index in [4.69, 9.17) is 0 Å². The van der Waals surface area contributed by atoms with Gasteiger partial charge in [-0.15, -0.1) is 0 Å². The minimum absolute atomic E-state index is 0.0749. The third-order valence-corrected chi connectivity index (χ3v) is 4.27. The van der Waals surface area contributed by atoms with E-state index in [0.717, 1.165) is 11.1 Å². The van der Waals surface area contributed by atoms with Crippen LogP contribution in [0.3, 0.4) is 0 Å². The summed E-state index contributed by atoms with van der Waals surface area (Å²) in [4.78, 5) is 31.9. The van der Waals surface area contributed by atoms with Crippen molar-refractivity contribution in [2.75, 3.05) is 13.6 Å². The summed E-state index contributed by atoms with van der Waals surface area (Å²) in [7, 11) is 1.74. The highest BCUT2D eigenvalue weighted by molar-refractivity contribution is 5.81. The van der Waals surface area contributed by atoms with Gasteiger partial charge >= 0.3 is 6.03 Å². The van der Waals surface area contributed by atoms with Gasteiger partial charge in [-0.1, -0.05) is 30.3 Å². The van der Waals surface area contributed by atoms with Gasteiger partial charge in [0.05, 0.1) is 6.04 Å². The average Bonchev–Trinajstić information content (AvgIpc) is 2.95. The van der Waals surface area contributed by atoms with Gasteiger partial charge in [0.2, 0.25) is 5.91 Å². The molecule has 1 aromatic carbocycles. The molecule has 1 aliphatic heterocycles. The number of pyridine rings is 1. The Bertz CT molecular complexity index is 721. The molecule has 3 amide bonds. The predicted molar refractivity (Wildman–Crippen MR) is 94.5 cm³/mol. The smallest absolute Gasteiger partial charge is 0.317 e. The van der Waals surface area contributed by atoms with Crippen molar-refractivity contribution in [3.63, 3.8) is 0 Å². The molecule has 25 heavy (non-hydrogen) atoms. The zero-order chi connectivity index (χ0) is 17.6. The Balaban J connectivity index is 1.51. The fourth-order valence-corrected chi connectivity index (χ4v) is 2.94. The number of carbonyl (C=O) groups is 2. The van der Waals surface area contributed by atoms with Gasteiger partial charge in [0.15, 0.2) is 0 Å². The number of hydrogen-bond acceptors (Lipinski definition) is 3. The van der Waals surface area contributed by atoms with E-state index in [2.05, 4.69) is 10.3 Å². The van der Waals surface area contributed by atoms with Gasteiger partial charge in [-0.05, 0) is 23.3 Å². The van der Waals surface area contributed by atoms with Crippen molar-refractivity contribution < 1.29 is 9.59 Å². The zero-order valence-corrected chi connectivity index (χ0v) is 14.3. The Kier molecular flexibility index (Phi) is 5.28. The number of hydrogen-bond donors (Lipinski definition) is 1. The summed E-state index contributed by atoms with van der Waals surface area (Å²) < 4.78 is 0. The van der Waals surface area contributed by atoms with Crippen molar-refractivity contribution in [2.45, 2.75) is 25.6 Å². The van der Waals surface area contributed by atoms with Crippen LogP contribution in [-0.2, 0) is 17.9 Å². The molecule has 2 aromatic rings. The summed E-state index contributed by atoms with van der Waals surface area (Å²) in [5, 5.41) is 2.95. The standard InChI is InChI=1S/C19H22N4O2/c1-22(12-16-7-9-20-10-8-16)19(25)21-17-11-18(24)23(14-17)13-15-5-3-2-4-6-15/h2-10,17H,11-14H2,1H3,(H,21,25)/t17-/m0/s1. The second-order valence-electron chi connectivity index (χ2n) is 6.32. The van der Waals surface area contributed by atoms with Crippen molar-refractivity contribution in [3.8, 4) is 0 Å². The summed E-state index contributed by atoms with van der Waals surface area (Å²) in [6, 6.07) is 13.3. The molecule has 0 bridgehead atoms. The normalized spacial score (nSPS) is 16.8. The first-order valence-electron chi connectivity index (χ1n) is 8.34. The molecule has 0 aliphatic carbocycles. The van der Waals surface area contributed by atoms with Gasteiger partial charge in [-0.25, -0.2) is 4.79 Å². The number of likely N-dealkylation sites (tertiary alicyclic amines) is 1. The largest absolute Gasteiger partial charge is 0.336 e. The number of urea groups is 1. The van der Waals surface area contributed by atoms with Crippen LogP contribution in [0, 0.1) is 0 Å². The lowest BCUT2D eigenvalue weighted by Gasteiger charge is -2.21. The second-order valence-corrected chi connectivity index (χ2v) is 6.32. The van der Waals surface area contributed by atoms with Crippen LogP contribution in [0.1, 0.15) is 17.5 Å². The molecular weight excluding hydrogens is 316 g/mol. The Morgan fingerprint density at radius 2 is 1.92 bits per heavy atom. The Hall–Kier alpha value is -2.89. The third kappa shape index (κ3) is 4.56. The summed E-state index contributed by atoms with van der Waals surface area (Å²) >= 11 is 0. The van der Waals surface area contributed by atoms with Crippen molar-refractivity contribution in [1.82, 2.24) is 20.1 Å². The average molecular weight is 338 g/mol. The van der Waals surface area contributed by atoms with Crippen molar-refractivity contribution in [2.24, 2.45) is 0 Å². The number of benzene rings is 1. The van der Waals surface area contributed by atoms with E-state index in [-0.39, 0.29) is 18.0 Å². The maximum atomic E-state index is 12.3. The quantitative estimate of drug-likeness (QED) is 0.907. The third-order valence-electron chi connectivity index (χ3n) is 4.27. The van der Waals surface area contributed by atoms with Gasteiger partial charge in [-0.2, -0.15) is 0 Å². The molecule has 1 fully saturated rings. The van der Waals surface area contributed by atoms with Crippen LogP contribution in [0.4, 0.5) is 4.79 Å². The summed E-state index contributed by atoms with van der Waals surface area (Å²) in [5.74, 6) is 0.0749. The van der Waals surface area contributed by atoms with Crippen LogP contribution in [-0.4, -0.2) is 46.4 Å². The monoisotopic (exact) mass is 338 g/mol. The highest BCUT2D eigenvalue weighted by atomic mass is 16.2. The topological polar surface area (TPSA) is 65.5 Å². The van der Waals surface area contributed by atoms with Crippen LogP contribution in [0.25, 0.3) is 0 Å². The van der Waals surface area contributed by atoms with Gasteiger partial charge in [0, 0.05) is 45.5 Å². The van der Waals surface area contributed by atoms with E-state index in [1.165, 1.54) is 0 Å². The van der Waals surface area contributed by atoms with E-state index in [1.54, 1.807) is 29.2 Å². The fourth-order valence-electron chi connectivity index (χ4n) is 2.94. The van der Waals surface area contributed by atoms with Gasteiger partial charge in [-0.3, -0.25) is 9.78 Å². The van der Waals surface area contributed by atoms with Crippen LogP contribution in [0.5, 0.6) is 0 Å². The van der Waals surface area contributed by atoms with Gasteiger partial charge < -0.3 is 15.1 Å². The molecule has 2 heterocycles. The Labute approximate surface area is 147 Å². The van der Waals surface area contributed by atoms with E-state index >= 15 is 0 Å². The maximum Gasteiger partial charge on any atom is 0.317 e. The number of carbonyl (C=O) groups excluding carboxylic acids is 2. The number of rotatable bonds is 5. The van der Waals surface area contributed by atoms with Gasteiger partial charge in [0.1, 0.15) is 0 Å². The van der Waals surface area contributed by atoms with Crippen LogP contribution in [0.2, 0.25) is 0 Å². The highest BCUT2D eigenvalue weighted by Gasteiger charge is 2.31. The van der Waals surface area contributed by atoms with E-state index in [1.807, 2.05) is 42.5 Å². The molecule has 3 rings (SSSR count). The molecule has 0 saturated carbocycles. The second kappa shape index (κ2) is 7.79. The van der Waals surface area contributed by atoms with Crippen LogP contribution < -0.4 is 5.32 Å². The molecule has 0 radical (unpaired) electrons. The van der Waals surface area contributed by atoms with E-state index in [9.17, 15) is 9.59 Å². The van der Waals surface area contributed by atoms with Crippen molar-refractivity contribution in [1.29, 1.82) is 0 Å². The van der Waals surface area contributed by atoms with E-state index in [0.29, 0.717) is 26.1 Å². The SMILES string of the molecule is CN(Cc1ccncc1)C(=O)N[C@H]1CC(=O)N(Cc2ccccc2)C1. The summed E-state index contributed by atoms with van der Waals surface area (Å²) in [5.41, 5.74) is 2.11. The lowest BCUT2D eigenvalue weighted by molar-refractivity contribution is -0.128. The molecule has 0 spiro atoms. The number of nitrogens with zero attached hydrogens (tertiary/aromatic N) is 3. The number of amides is 3. The van der Waals surface area contributed by atoms with E-state index < -0.39 is 0 Å². The molecule has 130 valence electrons. The Morgan fingerprint density at radius 1 is 1.20 bits per heavy atom. The lowest BCUT2D eigenvalue weighted by atomic mass is 10.2. The molecule has 0 unspecified atom stereocenters. The zero-order valence-electron chi connectivity index (χ0n) is 14.3. The first-order chi connectivity index (χ1) is 12.1. The summed E-state index contributed by atoms with van der Waals surface area (Å²) in [6.45, 7) is 1.63. The molecule has 1 aromatic heterocycles. The minimum Gasteiger partial charge on any atom is -0.336 e. The molecule has 1 atom stereocenters. The predicted octanol–water partition coefficient (Wildman–Crippen LogP) is 2.02. The highest BCUT2D eigenvalue weighted by Crippen LogP contribution is 2.15. The number of nitrogens with one attached hydrogen (secondary N) is 1. The molecule has 1 N–H and O–H groups in total. The van der Waals surface area contributed by atoms with Crippen LogP contribution in [0.15, 0.2) is 54.9 Å². The number of aromatic nitrogens is 1. The van der Waals surface area contributed by atoms with Gasteiger partial charge in [0.25, 0.3) is 0 Å². The molecular formula is C19H22N4O2. The minimum atomic E-state index is -0.170. The molecule has 1 saturated heterocycles.